The predicted molar refractivity (Wildman–Crippen MR) is 121 cm³/mol. The molecule has 1 atom stereocenters. The Kier molecular flexibility index (Phi) is 6.91. The number of thiocarbonyl (C=S) groups is 1. The molecule has 2 N–H and O–H groups in total. The van der Waals surface area contributed by atoms with Crippen molar-refractivity contribution in [3.05, 3.63) is 95.6 Å². The van der Waals surface area contributed by atoms with E-state index in [4.69, 9.17) is 12.2 Å². The lowest BCUT2D eigenvalue weighted by atomic mass is 10.0. The zero-order chi connectivity index (χ0) is 19.1. The minimum absolute atomic E-state index is 0.160. The largest absolute Gasteiger partial charge is 0.356 e. The summed E-state index contributed by atoms with van der Waals surface area (Å²) in [6.07, 6.45) is 0. The van der Waals surface area contributed by atoms with Crippen molar-refractivity contribution in [2.75, 3.05) is 5.32 Å². The van der Waals surface area contributed by atoms with Crippen LogP contribution in [0.4, 0.5) is 5.69 Å². The summed E-state index contributed by atoms with van der Waals surface area (Å²) in [6.45, 7) is 4.25. The summed E-state index contributed by atoms with van der Waals surface area (Å²) in [5.74, 6) is 0.956. The summed E-state index contributed by atoms with van der Waals surface area (Å²) in [7, 11) is 0. The normalized spacial score (nSPS) is 11.6. The van der Waals surface area contributed by atoms with Crippen LogP contribution in [0.2, 0.25) is 0 Å². The van der Waals surface area contributed by atoms with Crippen molar-refractivity contribution in [1.29, 1.82) is 0 Å². The highest BCUT2D eigenvalue weighted by Crippen LogP contribution is 2.23. The van der Waals surface area contributed by atoms with Crippen molar-refractivity contribution in [1.82, 2.24) is 5.32 Å². The molecule has 0 aliphatic carbocycles. The van der Waals surface area contributed by atoms with Gasteiger partial charge in [0.25, 0.3) is 0 Å². The molecule has 0 saturated carbocycles. The summed E-state index contributed by atoms with van der Waals surface area (Å²) in [5, 5.41) is 7.28. The minimum Gasteiger partial charge on any atom is -0.356 e. The van der Waals surface area contributed by atoms with E-state index in [-0.39, 0.29) is 6.04 Å². The summed E-state index contributed by atoms with van der Waals surface area (Å²) >= 11 is 7.32. The number of rotatable bonds is 6. The molecule has 138 valence electrons. The molecule has 0 aliphatic heterocycles. The monoisotopic (exact) mass is 392 g/mol. The molecule has 0 bridgehead atoms. The number of benzene rings is 3. The van der Waals surface area contributed by atoms with Crippen LogP contribution in [0.1, 0.15) is 29.7 Å². The van der Waals surface area contributed by atoms with E-state index < -0.39 is 0 Å². The third kappa shape index (κ3) is 5.84. The number of hydrogen-bond acceptors (Lipinski definition) is 2. The Morgan fingerprint density at radius 3 is 2.30 bits per heavy atom. The molecule has 0 radical (unpaired) electrons. The molecule has 0 amide bonds. The number of thioether (sulfide) groups is 1. The van der Waals surface area contributed by atoms with Gasteiger partial charge in [-0.05, 0) is 67.0 Å². The van der Waals surface area contributed by atoms with E-state index in [0.717, 1.165) is 11.4 Å². The van der Waals surface area contributed by atoms with Gasteiger partial charge in [-0.25, -0.2) is 0 Å². The molecule has 3 aromatic rings. The number of anilines is 1. The third-order valence-corrected chi connectivity index (χ3v) is 5.67. The van der Waals surface area contributed by atoms with E-state index >= 15 is 0 Å². The van der Waals surface area contributed by atoms with Crippen LogP contribution in [0.3, 0.4) is 0 Å². The van der Waals surface area contributed by atoms with Crippen molar-refractivity contribution in [2.24, 2.45) is 0 Å². The first-order valence-electron chi connectivity index (χ1n) is 9.01. The van der Waals surface area contributed by atoms with Crippen molar-refractivity contribution >= 4 is 34.8 Å². The molecular weight excluding hydrogens is 368 g/mol. The maximum absolute atomic E-state index is 5.48. The predicted octanol–water partition coefficient (Wildman–Crippen LogP) is 6.33. The van der Waals surface area contributed by atoms with Gasteiger partial charge in [-0.2, -0.15) is 0 Å². The molecule has 2 nitrogen and oxygen atoms in total. The van der Waals surface area contributed by atoms with Gasteiger partial charge in [-0.3, -0.25) is 0 Å². The minimum atomic E-state index is 0.160. The fourth-order valence-corrected chi connectivity index (χ4v) is 4.05. The highest BCUT2D eigenvalue weighted by Gasteiger charge is 2.09. The topological polar surface area (TPSA) is 24.1 Å². The quantitative estimate of drug-likeness (QED) is 0.378. The van der Waals surface area contributed by atoms with Crippen LogP contribution in [-0.4, -0.2) is 5.11 Å². The van der Waals surface area contributed by atoms with E-state index in [9.17, 15) is 0 Å². The molecule has 0 fully saturated rings. The van der Waals surface area contributed by atoms with Crippen LogP contribution in [0.15, 0.2) is 83.8 Å². The van der Waals surface area contributed by atoms with Gasteiger partial charge in [0.2, 0.25) is 0 Å². The Morgan fingerprint density at radius 1 is 0.926 bits per heavy atom. The van der Waals surface area contributed by atoms with E-state index in [1.165, 1.54) is 21.6 Å². The zero-order valence-corrected chi connectivity index (χ0v) is 17.2. The average molecular weight is 393 g/mol. The smallest absolute Gasteiger partial charge is 0.171 e. The highest BCUT2D eigenvalue weighted by molar-refractivity contribution is 7.98. The maximum Gasteiger partial charge on any atom is 0.171 e. The summed E-state index contributed by atoms with van der Waals surface area (Å²) in [5.41, 5.74) is 4.81. The van der Waals surface area contributed by atoms with Crippen molar-refractivity contribution in [3.8, 4) is 0 Å². The SMILES string of the molecule is Cc1ccccc1[C@@H](C)NC(=S)Nc1ccc(CSc2ccccc2)cc1. The standard InChI is InChI=1S/C23H24N2S2/c1-17-8-6-7-11-22(17)18(2)24-23(26)25-20-14-12-19(13-15-20)16-27-21-9-4-3-5-10-21/h3-15,18H,16H2,1-2H3,(H2,24,25,26)/t18-/m1/s1. The highest BCUT2D eigenvalue weighted by atomic mass is 32.2. The first-order valence-corrected chi connectivity index (χ1v) is 10.4. The lowest BCUT2D eigenvalue weighted by molar-refractivity contribution is 0.717. The maximum atomic E-state index is 5.48. The van der Waals surface area contributed by atoms with E-state index in [0.29, 0.717) is 5.11 Å². The van der Waals surface area contributed by atoms with Gasteiger partial charge >= 0.3 is 0 Å². The van der Waals surface area contributed by atoms with Gasteiger partial charge in [-0.1, -0.05) is 54.6 Å². The Labute approximate surface area is 171 Å². The van der Waals surface area contributed by atoms with Gasteiger partial charge in [0.05, 0.1) is 6.04 Å². The van der Waals surface area contributed by atoms with E-state index in [1.54, 1.807) is 0 Å². The van der Waals surface area contributed by atoms with Gasteiger partial charge in [0.15, 0.2) is 5.11 Å². The molecular formula is C23H24N2S2. The Morgan fingerprint density at radius 2 is 1.59 bits per heavy atom. The number of aryl methyl sites for hydroxylation is 1. The fourth-order valence-electron chi connectivity index (χ4n) is 2.88. The van der Waals surface area contributed by atoms with Crippen molar-refractivity contribution in [3.63, 3.8) is 0 Å². The lowest BCUT2D eigenvalue weighted by Gasteiger charge is -2.19. The number of nitrogens with one attached hydrogen (secondary N) is 2. The van der Waals surface area contributed by atoms with Gasteiger partial charge in [0, 0.05) is 16.3 Å². The van der Waals surface area contributed by atoms with Crippen LogP contribution < -0.4 is 10.6 Å². The molecule has 3 rings (SSSR count). The summed E-state index contributed by atoms with van der Waals surface area (Å²) in [6, 6.07) is 27.4. The van der Waals surface area contributed by atoms with Crippen molar-refractivity contribution < 1.29 is 0 Å². The summed E-state index contributed by atoms with van der Waals surface area (Å²) < 4.78 is 0. The van der Waals surface area contributed by atoms with Gasteiger partial charge in [-0.15, -0.1) is 11.8 Å². The first kappa shape index (κ1) is 19.5. The van der Waals surface area contributed by atoms with Crippen LogP contribution in [0.5, 0.6) is 0 Å². The zero-order valence-electron chi connectivity index (χ0n) is 15.6. The van der Waals surface area contributed by atoms with Crippen molar-refractivity contribution in [2.45, 2.75) is 30.5 Å². The molecule has 0 spiro atoms. The molecule has 3 aromatic carbocycles. The number of hydrogen-bond donors (Lipinski definition) is 2. The third-order valence-electron chi connectivity index (χ3n) is 4.36. The van der Waals surface area contributed by atoms with Crippen LogP contribution >= 0.6 is 24.0 Å². The van der Waals surface area contributed by atoms with Gasteiger partial charge in [0.1, 0.15) is 0 Å². The molecule has 0 heterocycles. The second kappa shape index (κ2) is 9.58. The molecule has 0 unspecified atom stereocenters. The van der Waals surface area contributed by atoms with E-state index in [2.05, 4.69) is 97.3 Å². The molecule has 27 heavy (non-hydrogen) atoms. The van der Waals surface area contributed by atoms with Crippen LogP contribution in [0, 0.1) is 6.92 Å². The fraction of sp³-hybridized carbons (Fsp3) is 0.174. The first-order chi connectivity index (χ1) is 13.1. The Balaban J connectivity index is 1.51. The van der Waals surface area contributed by atoms with E-state index in [1.807, 2.05) is 17.8 Å². The van der Waals surface area contributed by atoms with Crippen LogP contribution in [-0.2, 0) is 5.75 Å². The second-order valence-corrected chi connectivity index (χ2v) is 7.93. The molecule has 0 saturated heterocycles. The Bertz CT molecular complexity index is 876. The average Bonchev–Trinajstić information content (AvgIpc) is 2.68. The van der Waals surface area contributed by atoms with Crippen LogP contribution in [0.25, 0.3) is 0 Å². The molecule has 0 aromatic heterocycles. The molecule has 4 heteroatoms. The van der Waals surface area contributed by atoms with Gasteiger partial charge < -0.3 is 10.6 Å². The second-order valence-electron chi connectivity index (χ2n) is 6.48. The Hall–Kier alpha value is -2.30. The molecule has 0 aliphatic rings. The summed E-state index contributed by atoms with van der Waals surface area (Å²) in [4.78, 5) is 1.29. The lowest BCUT2D eigenvalue weighted by Crippen LogP contribution is -2.31.